The molecule has 0 aliphatic carbocycles. The van der Waals surface area contributed by atoms with Crippen LogP contribution in [0.25, 0.3) is 0 Å². The molecule has 0 aliphatic heterocycles. The van der Waals surface area contributed by atoms with Crippen LogP contribution in [0.15, 0.2) is 48.7 Å². The van der Waals surface area contributed by atoms with E-state index in [9.17, 15) is 9.59 Å². The fourth-order valence-corrected chi connectivity index (χ4v) is 2.89. The van der Waals surface area contributed by atoms with Crippen molar-refractivity contribution in [3.05, 3.63) is 59.9 Å². The second kappa shape index (κ2) is 12.2. The lowest BCUT2D eigenvalue weighted by Crippen LogP contribution is -2.47. The molecule has 0 saturated heterocycles. The summed E-state index contributed by atoms with van der Waals surface area (Å²) in [6, 6.07) is 13.8. The smallest absolute Gasteiger partial charge is 0.251 e. The molecule has 0 saturated carbocycles. The topological polar surface area (TPSA) is 104 Å². The molecule has 2 aromatic rings. The Morgan fingerprint density at radius 3 is 2.57 bits per heavy atom. The highest BCUT2D eigenvalue weighted by molar-refractivity contribution is 5.97. The minimum atomic E-state index is -0.687. The van der Waals surface area contributed by atoms with E-state index in [1.165, 1.54) is 0 Å². The molecular weight excluding hydrogens is 380 g/mol. The van der Waals surface area contributed by atoms with E-state index in [1.807, 2.05) is 38.1 Å². The quantitative estimate of drug-likeness (QED) is 0.439. The van der Waals surface area contributed by atoms with E-state index in [0.717, 1.165) is 18.5 Å². The summed E-state index contributed by atoms with van der Waals surface area (Å²) in [5.41, 5.74) is 1.47. The van der Waals surface area contributed by atoms with Gasteiger partial charge in [0.1, 0.15) is 18.3 Å². The SMILES string of the molecule is CC(C)C[C@H](NC(=O)c1ccc(OCCCc2ccccn2)cc1)C(=O)NCC#N. The predicted octanol–water partition coefficient (Wildman–Crippen LogP) is 2.88. The first-order valence-electron chi connectivity index (χ1n) is 10.1. The molecule has 0 bridgehead atoms. The van der Waals surface area contributed by atoms with Crippen LogP contribution in [0.3, 0.4) is 0 Å². The summed E-state index contributed by atoms with van der Waals surface area (Å²) in [5.74, 6) is 0.198. The first kappa shape index (κ1) is 22.9. The molecule has 0 aliphatic rings. The highest BCUT2D eigenvalue weighted by Crippen LogP contribution is 2.14. The molecule has 30 heavy (non-hydrogen) atoms. The highest BCUT2D eigenvalue weighted by Gasteiger charge is 2.22. The van der Waals surface area contributed by atoms with Gasteiger partial charge >= 0.3 is 0 Å². The van der Waals surface area contributed by atoms with Crippen molar-refractivity contribution in [3.8, 4) is 11.8 Å². The van der Waals surface area contributed by atoms with Gasteiger partial charge in [-0.15, -0.1) is 0 Å². The van der Waals surface area contributed by atoms with Crippen molar-refractivity contribution in [2.75, 3.05) is 13.2 Å². The van der Waals surface area contributed by atoms with Crippen LogP contribution in [0.2, 0.25) is 0 Å². The second-order valence-corrected chi connectivity index (χ2v) is 7.33. The van der Waals surface area contributed by atoms with Crippen molar-refractivity contribution < 1.29 is 14.3 Å². The summed E-state index contributed by atoms with van der Waals surface area (Å²) in [5, 5.41) is 13.9. The van der Waals surface area contributed by atoms with Gasteiger partial charge in [0.15, 0.2) is 0 Å². The second-order valence-electron chi connectivity index (χ2n) is 7.33. The molecule has 0 spiro atoms. The number of pyridine rings is 1. The van der Waals surface area contributed by atoms with Crippen LogP contribution < -0.4 is 15.4 Å². The molecule has 0 unspecified atom stereocenters. The van der Waals surface area contributed by atoms with Gasteiger partial charge in [-0.2, -0.15) is 5.26 Å². The predicted molar refractivity (Wildman–Crippen MR) is 114 cm³/mol. The zero-order valence-corrected chi connectivity index (χ0v) is 17.4. The number of rotatable bonds is 11. The minimum absolute atomic E-state index is 0.0876. The molecular formula is C23H28N4O3. The van der Waals surface area contributed by atoms with Gasteiger partial charge in [-0.3, -0.25) is 14.6 Å². The lowest BCUT2D eigenvalue weighted by Gasteiger charge is -2.19. The first-order valence-corrected chi connectivity index (χ1v) is 10.1. The number of benzene rings is 1. The Balaban J connectivity index is 1.85. The van der Waals surface area contributed by atoms with Crippen LogP contribution in [0.5, 0.6) is 5.75 Å². The molecule has 158 valence electrons. The number of hydrogen-bond acceptors (Lipinski definition) is 5. The molecule has 2 rings (SSSR count). The number of amides is 2. The van der Waals surface area contributed by atoms with E-state index in [4.69, 9.17) is 10.00 Å². The summed E-state index contributed by atoms with van der Waals surface area (Å²) in [4.78, 5) is 29.0. The molecule has 1 aromatic heterocycles. The fraction of sp³-hybridized carbons (Fsp3) is 0.391. The summed E-state index contributed by atoms with van der Waals surface area (Å²) < 4.78 is 5.72. The van der Waals surface area contributed by atoms with Crippen molar-refractivity contribution in [2.24, 2.45) is 5.92 Å². The molecule has 2 amide bonds. The first-order chi connectivity index (χ1) is 14.5. The van der Waals surface area contributed by atoms with E-state index in [0.29, 0.717) is 24.3 Å². The van der Waals surface area contributed by atoms with E-state index in [1.54, 1.807) is 30.5 Å². The number of carbonyl (C=O) groups is 2. The largest absolute Gasteiger partial charge is 0.494 e. The van der Waals surface area contributed by atoms with Crippen molar-refractivity contribution >= 4 is 11.8 Å². The third kappa shape index (κ3) is 7.92. The van der Waals surface area contributed by atoms with Crippen LogP contribution in [0.1, 0.15) is 42.7 Å². The maximum atomic E-state index is 12.5. The highest BCUT2D eigenvalue weighted by atomic mass is 16.5. The van der Waals surface area contributed by atoms with Crippen LogP contribution in [0, 0.1) is 17.2 Å². The number of nitriles is 1. The minimum Gasteiger partial charge on any atom is -0.494 e. The van der Waals surface area contributed by atoms with E-state index >= 15 is 0 Å². The van der Waals surface area contributed by atoms with Gasteiger partial charge in [0.25, 0.3) is 5.91 Å². The number of aryl methyl sites for hydroxylation is 1. The maximum Gasteiger partial charge on any atom is 0.251 e. The van der Waals surface area contributed by atoms with Gasteiger partial charge in [-0.05, 0) is 61.6 Å². The zero-order valence-electron chi connectivity index (χ0n) is 17.4. The lowest BCUT2D eigenvalue weighted by molar-refractivity contribution is -0.123. The number of nitrogens with zero attached hydrogens (tertiary/aromatic N) is 2. The average Bonchev–Trinajstić information content (AvgIpc) is 2.75. The van der Waals surface area contributed by atoms with Gasteiger partial charge < -0.3 is 15.4 Å². The summed E-state index contributed by atoms with van der Waals surface area (Å²) >= 11 is 0. The molecule has 2 N–H and O–H groups in total. The Hall–Kier alpha value is -3.40. The standard InChI is InChI=1S/C23H28N4O3/c1-17(2)16-21(23(29)26-14-12-24)27-22(28)18-8-10-20(11-9-18)30-15-5-7-19-6-3-4-13-25-19/h3-4,6,8-11,13,17,21H,5,7,14-16H2,1-2H3,(H,26,29)(H,27,28)/t21-/m0/s1. The molecule has 1 aromatic carbocycles. The molecule has 7 nitrogen and oxygen atoms in total. The van der Waals surface area contributed by atoms with Crippen LogP contribution in [0.4, 0.5) is 0 Å². The Labute approximate surface area is 177 Å². The third-order valence-electron chi connectivity index (χ3n) is 4.36. The van der Waals surface area contributed by atoms with Crippen LogP contribution in [-0.2, 0) is 11.2 Å². The van der Waals surface area contributed by atoms with E-state index in [-0.39, 0.29) is 24.3 Å². The summed E-state index contributed by atoms with van der Waals surface area (Å²) in [6.45, 7) is 4.40. The van der Waals surface area contributed by atoms with Crippen molar-refractivity contribution in [2.45, 2.75) is 39.2 Å². The maximum absolute atomic E-state index is 12.5. The van der Waals surface area contributed by atoms with E-state index < -0.39 is 6.04 Å². The zero-order chi connectivity index (χ0) is 21.8. The number of aromatic nitrogens is 1. The molecule has 1 heterocycles. The third-order valence-corrected chi connectivity index (χ3v) is 4.36. The summed E-state index contributed by atoms with van der Waals surface area (Å²) in [6.07, 6.45) is 3.94. The number of ether oxygens (including phenoxy) is 1. The molecule has 7 heteroatoms. The van der Waals surface area contributed by atoms with Crippen molar-refractivity contribution in [3.63, 3.8) is 0 Å². The lowest BCUT2D eigenvalue weighted by atomic mass is 10.0. The summed E-state index contributed by atoms with van der Waals surface area (Å²) in [7, 11) is 0. The van der Waals surface area contributed by atoms with Crippen molar-refractivity contribution in [1.29, 1.82) is 5.26 Å². The number of hydrogen-bond donors (Lipinski definition) is 2. The molecule has 0 fully saturated rings. The fourth-order valence-electron chi connectivity index (χ4n) is 2.89. The number of nitrogens with one attached hydrogen (secondary N) is 2. The van der Waals surface area contributed by atoms with Crippen LogP contribution >= 0.6 is 0 Å². The van der Waals surface area contributed by atoms with Gasteiger partial charge in [0.05, 0.1) is 12.7 Å². The molecule has 0 radical (unpaired) electrons. The van der Waals surface area contributed by atoms with Gasteiger partial charge in [-0.1, -0.05) is 19.9 Å². The van der Waals surface area contributed by atoms with Gasteiger partial charge in [0.2, 0.25) is 5.91 Å². The molecule has 1 atom stereocenters. The van der Waals surface area contributed by atoms with Gasteiger partial charge in [0, 0.05) is 17.5 Å². The normalized spacial score (nSPS) is 11.4. The Kier molecular flexibility index (Phi) is 9.32. The van der Waals surface area contributed by atoms with Crippen LogP contribution in [-0.4, -0.2) is 36.0 Å². The Morgan fingerprint density at radius 2 is 1.93 bits per heavy atom. The monoisotopic (exact) mass is 408 g/mol. The number of carbonyl (C=O) groups excluding carboxylic acids is 2. The van der Waals surface area contributed by atoms with Crippen molar-refractivity contribution in [1.82, 2.24) is 15.6 Å². The Bertz CT molecular complexity index is 845. The van der Waals surface area contributed by atoms with E-state index in [2.05, 4.69) is 15.6 Å². The Morgan fingerprint density at radius 1 is 1.17 bits per heavy atom. The van der Waals surface area contributed by atoms with Gasteiger partial charge in [-0.25, -0.2) is 0 Å². The average molecular weight is 409 g/mol.